The van der Waals surface area contributed by atoms with Gasteiger partial charge in [0.25, 0.3) is 5.91 Å². The molecule has 30 heavy (non-hydrogen) atoms. The van der Waals surface area contributed by atoms with Gasteiger partial charge in [0.1, 0.15) is 5.82 Å². The number of likely N-dealkylation sites (tertiary alicyclic amines) is 1. The fraction of sp³-hybridized carbons (Fsp3) is 0.348. The minimum absolute atomic E-state index is 0.0147. The van der Waals surface area contributed by atoms with Crippen LogP contribution in [0.25, 0.3) is 6.08 Å². The van der Waals surface area contributed by atoms with Crippen LogP contribution in [0.1, 0.15) is 47.2 Å². The lowest BCUT2D eigenvalue weighted by molar-refractivity contribution is 0.0743. The van der Waals surface area contributed by atoms with E-state index < -0.39 is 10.0 Å². The number of rotatable bonds is 5. The lowest BCUT2D eigenvalue weighted by atomic mass is 9.99. The first kappa shape index (κ1) is 20.8. The molecule has 0 unspecified atom stereocenters. The van der Waals surface area contributed by atoms with Crippen LogP contribution in [-0.4, -0.2) is 38.4 Å². The van der Waals surface area contributed by atoms with Gasteiger partial charge in [-0.25, -0.2) is 17.5 Å². The molecular formula is C23H25FN2O3S. The predicted octanol–water partition coefficient (Wildman–Crippen LogP) is 3.89. The molecule has 7 heteroatoms. The van der Waals surface area contributed by atoms with Crippen molar-refractivity contribution in [2.45, 2.75) is 43.5 Å². The molecule has 5 nitrogen and oxygen atoms in total. The summed E-state index contributed by atoms with van der Waals surface area (Å²) in [4.78, 5) is 15.0. The third-order valence-electron chi connectivity index (χ3n) is 5.56. The van der Waals surface area contributed by atoms with E-state index in [4.69, 9.17) is 0 Å². The van der Waals surface area contributed by atoms with Gasteiger partial charge in [0.05, 0.1) is 4.90 Å². The van der Waals surface area contributed by atoms with Crippen LogP contribution in [0.2, 0.25) is 0 Å². The van der Waals surface area contributed by atoms with Gasteiger partial charge in [-0.05, 0) is 68.0 Å². The van der Waals surface area contributed by atoms with Gasteiger partial charge in [0.15, 0.2) is 0 Å². The number of aryl methyl sites for hydroxylation is 1. The van der Waals surface area contributed by atoms with Gasteiger partial charge < -0.3 is 4.90 Å². The molecule has 1 saturated heterocycles. The second-order valence-corrected chi connectivity index (χ2v) is 9.74. The zero-order chi connectivity index (χ0) is 21.3. The molecule has 1 aliphatic carbocycles. The lowest BCUT2D eigenvalue weighted by Crippen LogP contribution is -2.37. The fourth-order valence-corrected chi connectivity index (χ4v) is 4.96. The van der Waals surface area contributed by atoms with E-state index in [0.717, 1.165) is 24.0 Å². The number of halogens is 1. The summed E-state index contributed by atoms with van der Waals surface area (Å²) in [5, 5.41) is 0. The van der Waals surface area contributed by atoms with E-state index in [1.54, 1.807) is 23.1 Å². The first-order valence-corrected chi connectivity index (χ1v) is 11.7. The van der Waals surface area contributed by atoms with Crippen molar-refractivity contribution in [1.29, 1.82) is 0 Å². The lowest BCUT2D eigenvalue weighted by Gasteiger charge is -2.29. The Morgan fingerprint density at radius 2 is 1.87 bits per heavy atom. The molecule has 2 aliphatic rings. The van der Waals surface area contributed by atoms with Crippen LogP contribution in [0.4, 0.5) is 4.39 Å². The minimum atomic E-state index is -3.61. The second-order valence-electron chi connectivity index (χ2n) is 8.02. The summed E-state index contributed by atoms with van der Waals surface area (Å²) in [7, 11) is -3.61. The number of carbonyl (C=O) groups excluding carboxylic acids is 1. The van der Waals surface area contributed by atoms with E-state index in [2.05, 4.69) is 4.72 Å². The second kappa shape index (κ2) is 8.32. The highest BCUT2D eigenvalue weighted by Crippen LogP contribution is 2.25. The Hall–Kier alpha value is -2.51. The van der Waals surface area contributed by atoms with Crippen molar-refractivity contribution in [3.05, 3.63) is 70.5 Å². The van der Waals surface area contributed by atoms with Crippen LogP contribution in [0.5, 0.6) is 0 Å². The van der Waals surface area contributed by atoms with E-state index in [1.165, 1.54) is 23.8 Å². The topological polar surface area (TPSA) is 66.5 Å². The molecule has 1 heterocycles. The van der Waals surface area contributed by atoms with E-state index in [9.17, 15) is 17.6 Å². The van der Waals surface area contributed by atoms with Crippen molar-refractivity contribution in [3.63, 3.8) is 0 Å². The molecule has 0 radical (unpaired) electrons. The van der Waals surface area contributed by atoms with Crippen LogP contribution in [0.15, 0.2) is 52.9 Å². The van der Waals surface area contributed by atoms with Crippen molar-refractivity contribution in [3.8, 4) is 0 Å². The Morgan fingerprint density at radius 3 is 2.53 bits per heavy atom. The molecule has 1 saturated carbocycles. The fourth-order valence-electron chi connectivity index (χ4n) is 3.63. The molecule has 2 aromatic carbocycles. The van der Waals surface area contributed by atoms with Crippen molar-refractivity contribution in [2.24, 2.45) is 0 Å². The largest absolute Gasteiger partial charge is 0.338 e. The molecule has 0 bridgehead atoms. The number of nitrogens with zero attached hydrogens (tertiary/aromatic N) is 1. The Balaban J connectivity index is 1.47. The molecule has 0 atom stereocenters. The molecule has 4 rings (SSSR count). The van der Waals surface area contributed by atoms with Crippen molar-refractivity contribution in [1.82, 2.24) is 9.62 Å². The van der Waals surface area contributed by atoms with Crippen molar-refractivity contribution in [2.75, 3.05) is 13.1 Å². The van der Waals surface area contributed by atoms with Gasteiger partial charge in [-0.1, -0.05) is 29.8 Å². The third kappa shape index (κ3) is 4.79. The molecule has 158 valence electrons. The highest BCUT2D eigenvalue weighted by molar-refractivity contribution is 7.89. The summed E-state index contributed by atoms with van der Waals surface area (Å²) in [6, 6.07) is 11.2. The zero-order valence-corrected chi connectivity index (χ0v) is 17.7. The molecule has 1 amide bonds. The normalized spacial score (nSPS) is 17.1. The summed E-state index contributed by atoms with van der Waals surface area (Å²) in [5.74, 6) is -0.417. The number of nitrogens with one attached hydrogen (secondary N) is 1. The summed E-state index contributed by atoms with van der Waals surface area (Å²) >= 11 is 0. The maximum Gasteiger partial charge on any atom is 0.254 e. The smallest absolute Gasteiger partial charge is 0.254 e. The zero-order valence-electron chi connectivity index (χ0n) is 16.9. The number of sulfonamides is 1. The summed E-state index contributed by atoms with van der Waals surface area (Å²) in [6.45, 7) is 2.92. The number of benzene rings is 2. The highest BCUT2D eigenvalue weighted by atomic mass is 32.2. The summed E-state index contributed by atoms with van der Waals surface area (Å²) < 4.78 is 41.1. The quantitative estimate of drug-likeness (QED) is 0.786. The Kier molecular flexibility index (Phi) is 5.75. The number of amides is 1. The predicted molar refractivity (Wildman–Crippen MR) is 114 cm³/mol. The third-order valence-corrected chi connectivity index (χ3v) is 7.08. The summed E-state index contributed by atoms with van der Waals surface area (Å²) in [5.41, 5.74) is 3.17. The Morgan fingerprint density at radius 1 is 1.13 bits per heavy atom. The van der Waals surface area contributed by atoms with Crippen LogP contribution in [0, 0.1) is 12.7 Å². The maximum absolute atomic E-state index is 13.4. The minimum Gasteiger partial charge on any atom is -0.338 e. The molecular weight excluding hydrogens is 403 g/mol. The van der Waals surface area contributed by atoms with Crippen LogP contribution >= 0.6 is 0 Å². The van der Waals surface area contributed by atoms with Gasteiger partial charge in [0, 0.05) is 24.7 Å². The van der Waals surface area contributed by atoms with Gasteiger partial charge >= 0.3 is 0 Å². The molecule has 2 fully saturated rings. The molecule has 0 spiro atoms. The molecule has 2 aromatic rings. The van der Waals surface area contributed by atoms with Crippen LogP contribution in [-0.2, 0) is 10.0 Å². The van der Waals surface area contributed by atoms with Gasteiger partial charge in [-0.15, -0.1) is 0 Å². The number of carbonyl (C=O) groups is 1. The van der Waals surface area contributed by atoms with E-state index in [-0.39, 0.29) is 22.7 Å². The van der Waals surface area contributed by atoms with Gasteiger partial charge in [-0.3, -0.25) is 4.79 Å². The van der Waals surface area contributed by atoms with E-state index in [1.807, 2.05) is 19.1 Å². The Bertz CT molecular complexity index is 1100. The monoisotopic (exact) mass is 428 g/mol. The van der Waals surface area contributed by atoms with Gasteiger partial charge in [0.2, 0.25) is 10.0 Å². The first-order valence-electron chi connectivity index (χ1n) is 10.2. The number of piperidine rings is 1. The van der Waals surface area contributed by atoms with E-state index in [0.29, 0.717) is 31.5 Å². The summed E-state index contributed by atoms with van der Waals surface area (Å²) in [6.07, 6.45) is 5.12. The highest BCUT2D eigenvalue weighted by Gasteiger charge is 2.29. The SMILES string of the molecule is Cc1ccc(S(=O)(=O)NC2CC2)cc1C(=O)N1CCC(=Cc2cccc(F)c2)CC1. The van der Waals surface area contributed by atoms with E-state index >= 15 is 0 Å². The van der Waals surface area contributed by atoms with Crippen molar-refractivity contribution >= 4 is 22.0 Å². The molecule has 1 aliphatic heterocycles. The number of hydrogen-bond donors (Lipinski definition) is 1. The van der Waals surface area contributed by atoms with Crippen LogP contribution in [0.3, 0.4) is 0 Å². The van der Waals surface area contributed by atoms with Crippen LogP contribution < -0.4 is 4.72 Å². The first-order chi connectivity index (χ1) is 14.3. The maximum atomic E-state index is 13.4. The average Bonchev–Trinajstić information content (AvgIpc) is 3.51. The van der Waals surface area contributed by atoms with Crippen molar-refractivity contribution < 1.29 is 17.6 Å². The number of hydrogen-bond acceptors (Lipinski definition) is 3. The Labute approximate surface area is 176 Å². The standard InChI is InChI=1S/C23H25FN2O3S/c1-16-5-8-21(30(28,29)25-20-6-7-20)15-22(16)23(27)26-11-9-17(10-12-26)13-18-3-2-4-19(24)14-18/h2-5,8,13-15,20,25H,6-7,9-12H2,1H3. The van der Waals surface area contributed by atoms with Gasteiger partial charge in [-0.2, -0.15) is 0 Å². The molecule has 1 N–H and O–H groups in total. The average molecular weight is 429 g/mol. The molecule has 0 aromatic heterocycles.